The number of aliphatic hydroxyl groups is 8. The molecule has 0 aliphatic heterocycles. The molecule has 132 valence electrons. The highest BCUT2D eigenvalue weighted by atomic mass is 31.2. The summed E-state index contributed by atoms with van der Waals surface area (Å²) in [6.45, 7) is -1.70. The molecular weight excluding hydrogens is 331 g/mol. The van der Waals surface area contributed by atoms with Crippen LogP contribution >= 0.6 is 7.82 Å². The molecule has 1 rings (SSSR count). The maximum atomic E-state index is 11.6. The molecule has 1 saturated carbocycles. The highest BCUT2D eigenvalue weighted by molar-refractivity contribution is 7.47. The van der Waals surface area contributed by atoms with Crippen LogP contribution in [0.4, 0.5) is 0 Å². The molecule has 22 heavy (non-hydrogen) atoms. The zero-order valence-electron chi connectivity index (χ0n) is 11.1. The van der Waals surface area contributed by atoms with Crippen LogP contribution in [0.3, 0.4) is 0 Å². The molecule has 0 aromatic heterocycles. The molecule has 0 bridgehead atoms. The predicted molar refractivity (Wildman–Crippen MR) is 64.9 cm³/mol. The number of hydrogen-bond donors (Lipinski definition) is 9. The second-order valence-electron chi connectivity index (χ2n) is 4.81. The normalized spacial score (nSPS) is 43.6. The summed E-state index contributed by atoms with van der Waals surface area (Å²) in [6.07, 6.45) is -12.9. The molecule has 0 radical (unpaired) electrons. The Kier molecular flexibility index (Phi) is 6.43. The Labute approximate surface area is 124 Å². The Balaban J connectivity index is 2.90. The summed E-state index contributed by atoms with van der Waals surface area (Å²) in [7, 11) is -5.19. The maximum Gasteiger partial charge on any atom is 0.475 e. The lowest BCUT2D eigenvalue weighted by molar-refractivity contribution is -0.337. The monoisotopic (exact) mass is 350 g/mol. The molecule has 0 heterocycles. The van der Waals surface area contributed by atoms with Gasteiger partial charge in [0, 0.05) is 0 Å². The Morgan fingerprint density at radius 2 is 1.50 bits per heavy atom. The lowest BCUT2D eigenvalue weighted by Crippen LogP contribution is -2.71. The van der Waals surface area contributed by atoms with Crippen molar-refractivity contribution in [2.24, 2.45) is 0 Å². The minimum Gasteiger partial charge on any atom is -0.394 e. The molecule has 1 fully saturated rings. The summed E-state index contributed by atoms with van der Waals surface area (Å²) in [6, 6.07) is 0. The first-order valence-electron chi connectivity index (χ1n) is 6.06. The van der Waals surface area contributed by atoms with Gasteiger partial charge in [0.15, 0.2) is 0 Å². The van der Waals surface area contributed by atoms with Gasteiger partial charge in [0.2, 0.25) is 5.79 Å². The Bertz CT molecular complexity index is 401. The van der Waals surface area contributed by atoms with E-state index in [0.717, 1.165) is 0 Å². The summed E-state index contributed by atoms with van der Waals surface area (Å²) >= 11 is 0. The molecule has 0 aromatic rings. The highest BCUT2D eigenvalue weighted by Gasteiger charge is 2.61. The molecule has 13 heteroatoms. The van der Waals surface area contributed by atoms with E-state index in [9.17, 15) is 40.1 Å². The predicted octanol–water partition coefficient (Wildman–Crippen LogP) is -5.02. The first kappa shape index (κ1) is 19.8. The van der Waals surface area contributed by atoms with E-state index in [4.69, 9.17) is 10.2 Å². The topological polar surface area (TPSA) is 218 Å². The summed E-state index contributed by atoms with van der Waals surface area (Å²) in [5.41, 5.74) is 0. The number of aliphatic hydroxyl groups excluding tert-OH is 7. The second kappa shape index (κ2) is 7.13. The summed E-state index contributed by atoms with van der Waals surface area (Å²) in [5, 5.41) is 74.8. The van der Waals surface area contributed by atoms with Crippen molar-refractivity contribution < 1.29 is 59.4 Å². The average molecular weight is 350 g/mol. The smallest absolute Gasteiger partial charge is 0.394 e. The van der Waals surface area contributed by atoms with Gasteiger partial charge in [-0.1, -0.05) is 0 Å². The molecule has 0 spiro atoms. The van der Waals surface area contributed by atoms with Gasteiger partial charge < -0.3 is 45.7 Å². The molecule has 1 aliphatic carbocycles. The Hall–Kier alpha value is -0.210. The van der Waals surface area contributed by atoms with Gasteiger partial charge in [-0.15, -0.1) is 0 Å². The van der Waals surface area contributed by atoms with Crippen molar-refractivity contribution in [1.82, 2.24) is 0 Å². The van der Waals surface area contributed by atoms with Crippen LogP contribution in [0.1, 0.15) is 0 Å². The molecule has 9 N–H and O–H groups in total. The molecular formula is C9H19O12P. The van der Waals surface area contributed by atoms with Gasteiger partial charge in [0.05, 0.1) is 13.2 Å². The molecule has 4 unspecified atom stereocenters. The van der Waals surface area contributed by atoms with E-state index in [0.29, 0.717) is 0 Å². The largest absolute Gasteiger partial charge is 0.475 e. The number of hydrogen-bond acceptors (Lipinski definition) is 11. The molecule has 0 saturated heterocycles. The first-order chi connectivity index (χ1) is 9.96. The third-order valence-electron chi connectivity index (χ3n) is 3.10. The molecule has 0 aromatic carbocycles. The molecule has 0 amide bonds. The van der Waals surface area contributed by atoms with Crippen molar-refractivity contribution in [2.75, 3.05) is 13.2 Å². The highest BCUT2D eigenvalue weighted by Crippen LogP contribution is 2.50. The minimum absolute atomic E-state index is 0.806. The summed E-state index contributed by atoms with van der Waals surface area (Å²) < 4.78 is 20.0. The van der Waals surface area contributed by atoms with Crippen molar-refractivity contribution in [3.8, 4) is 0 Å². The summed E-state index contributed by atoms with van der Waals surface area (Å²) in [4.78, 5) is 9.36. The lowest BCUT2D eigenvalue weighted by Gasteiger charge is -2.46. The third kappa shape index (κ3) is 4.00. The fraction of sp³-hybridized carbons (Fsp3) is 1.00. The molecule has 1 aliphatic rings. The summed E-state index contributed by atoms with van der Waals surface area (Å²) in [5.74, 6) is -3.34. The van der Waals surface area contributed by atoms with Gasteiger partial charge in [-0.3, -0.25) is 4.52 Å². The van der Waals surface area contributed by atoms with Crippen LogP contribution < -0.4 is 0 Å². The van der Waals surface area contributed by atoms with Crippen LogP contribution in [0.2, 0.25) is 0 Å². The SMILES string of the molecule is O=P(O)(OCC(O)CO)OC1(O)[C@H](O)[C@H](O)C(O)[C@H](O)[C@H]1O. The second-order valence-corrected chi connectivity index (χ2v) is 6.18. The van der Waals surface area contributed by atoms with Gasteiger partial charge in [0.25, 0.3) is 0 Å². The Morgan fingerprint density at radius 3 is 1.91 bits per heavy atom. The fourth-order valence-electron chi connectivity index (χ4n) is 1.79. The van der Waals surface area contributed by atoms with Crippen LogP contribution in [0.15, 0.2) is 0 Å². The minimum atomic E-state index is -5.19. The van der Waals surface area contributed by atoms with Crippen molar-refractivity contribution in [2.45, 2.75) is 42.4 Å². The van der Waals surface area contributed by atoms with Crippen LogP contribution in [-0.4, -0.2) is 101 Å². The van der Waals surface area contributed by atoms with E-state index in [2.05, 4.69) is 9.05 Å². The first-order valence-corrected chi connectivity index (χ1v) is 7.55. The van der Waals surface area contributed by atoms with Gasteiger partial charge in [0.1, 0.15) is 36.6 Å². The lowest BCUT2D eigenvalue weighted by atomic mass is 9.82. The van der Waals surface area contributed by atoms with E-state index in [1.807, 2.05) is 0 Å². The van der Waals surface area contributed by atoms with E-state index < -0.39 is 63.4 Å². The van der Waals surface area contributed by atoms with E-state index >= 15 is 0 Å². The Morgan fingerprint density at radius 1 is 1.05 bits per heavy atom. The van der Waals surface area contributed by atoms with Gasteiger partial charge in [-0.2, -0.15) is 0 Å². The van der Waals surface area contributed by atoms with Gasteiger partial charge in [-0.05, 0) is 0 Å². The van der Waals surface area contributed by atoms with Crippen molar-refractivity contribution in [3.05, 3.63) is 0 Å². The zero-order chi connectivity index (χ0) is 17.3. The van der Waals surface area contributed by atoms with E-state index in [1.165, 1.54) is 0 Å². The van der Waals surface area contributed by atoms with Crippen LogP contribution in [0.25, 0.3) is 0 Å². The van der Waals surface area contributed by atoms with Gasteiger partial charge in [-0.25, -0.2) is 9.09 Å². The number of phosphoric ester groups is 1. The zero-order valence-corrected chi connectivity index (χ0v) is 12.0. The number of phosphoric acid groups is 1. The van der Waals surface area contributed by atoms with Crippen LogP contribution in [-0.2, 0) is 13.6 Å². The quantitative estimate of drug-likeness (QED) is 0.162. The fourth-order valence-corrected chi connectivity index (χ4v) is 2.79. The van der Waals surface area contributed by atoms with E-state index in [-0.39, 0.29) is 0 Å². The van der Waals surface area contributed by atoms with Crippen LogP contribution in [0.5, 0.6) is 0 Å². The standard InChI is InChI=1S/C9H19O12P/c10-1-3(11)2-20-22(18,19)21-9(17)7(15)5(13)4(12)6(14)8(9)16/h3-8,10-17H,1-2H2,(H,18,19)/t3?,4?,5-,6+,7-,8-,9?/m1/s1. The number of rotatable bonds is 6. The third-order valence-corrected chi connectivity index (χ3v) is 4.10. The molecule has 8 atom stereocenters. The average Bonchev–Trinajstić information content (AvgIpc) is 2.46. The molecule has 12 nitrogen and oxygen atoms in total. The van der Waals surface area contributed by atoms with Crippen LogP contribution in [0, 0.1) is 0 Å². The van der Waals surface area contributed by atoms with Gasteiger partial charge >= 0.3 is 7.82 Å². The van der Waals surface area contributed by atoms with E-state index in [1.54, 1.807) is 0 Å². The van der Waals surface area contributed by atoms with Crippen molar-refractivity contribution in [3.63, 3.8) is 0 Å². The van der Waals surface area contributed by atoms with Crippen molar-refractivity contribution >= 4 is 7.82 Å². The van der Waals surface area contributed by atoms with Crippen molar-refractivity contribution in [1.29, 1.82) is 0 Å². The maximum absolute atomic E-state index is 11.6.